The number of phenols is 2. The standard InChI is InChI=1S/C20H20.C19H18.C16H18O4.C16H18O3.C15H16O.C14H16.4C2H6.6CH4O.2CH3.2Y/c1-3-7-16(8-4-1)20(17-9-5-2-6-10-17)19-14-15-11-12-18(19)13-15;1-3-7-16(8-4-1)19(17-9-5-2-6-10-17)14-15-11-12-18(19)13-15;1-19-15-8-12(4-5-14(15)17)16(18)20-9-13-7-10-2-3-11(13)6-10;1-19-16-9-12(4-5-14(16)17)15(18)8-13-7-10-2-3-11(13)6-10;16-15(12-4-2-1-3-5-12)10-14-9-11-6-7-13(14)8-11;1-2-4-11(5-3-1)8-14-10-12-6-7-13(14)9-12;10*1-2;;;;/h1-12,15,18-20H,13-14H2;1-12,15,18H,13-14H2;2-5,8,10-11,13,17H,6-7,9H2,1H3;2-5,9-11,13,17H,6-8H2,1H3;1-7,11,13-14H,8-10H2;1-7,12-14H,8-10H2;4*1-2H3;6*2H,1H3;2*1H3;;/q;;;;;;;;;;;;;;;;2*-1;;. The van der Waals surface area contributed by atoms with Gasteiger partial charge in [-0.15, -0.1) is 0 Å². The van der Waals surface area contributed by atoms with Gasteiger partial charge in [0.05, 0.1) is 26.4 Å². The number of carbonyl (C=O) groups excluding carboxylic acids is 3. The number of Topliss-reactive ketones (excluding diaryl/α,β-unsaturated/α-hetero) is 2. The maximum absolute atomic E-state index is 12.3. The average Bonchev–Trinajstić information content (AvgIpc) is 1.56. The van der Waals surface area contributed by atoms with Gasteiger partial charge < -0.3 is 69.9 Å². The van der Waals surface area contributed by atoms with Gasteiger partial charge >= 0.3 is 5.97 Å². The van der Waals surface area contributed by atoms with E-state index in [0.29, 0.717) is 94.9 Å². The Morgan fingerprint density at radius 3 is 1.01 bits per heavy atom. The van der Waals surface area contributed by atoms with Crippen LogP contribution in [0.3, 0.4) is 0 Å². The molecule has 0 heterocycles. The Balaban J connectivity index is 0.000000759. The van der Waals surface area contributed by atoms with Crippen molar-refractivity contribution < 1.29 is 135 Å². The van der Waals surface area contributed by atoms with Gasteiger partial charge in [0.1, 0.15) is 0 Å². The molecule has 20 rings (SSSR count). The first kappa shape index (κ1) is 122. The van der Waals surface area contributed by atoms with E-state index in [1.165, 1.54) is 131 Å². The van der Waals surface area contributed by atoms with Crippen molar-refractivity contribution in [3.63, 3.8) is 0 Å². The fraction of sp³-hybridized carbons (Fsp3) is 0.440. The number of esters is 1. The van der Waals surface area contributed by atoms with Crippen LogP contribution in [0.4, 0.5) is 0 Å². The number of aliphatic hydroxyl groups is 6. The van der Waals surface area contributed by atoms with Crippen LogP contribution in [0.5, 0.6) is 23.0 Å². The van der Waals surface area contributed by atoms with Crippen LogP contribution in [0.25, 0.3) is 0 Å². The van der Waals surface area contributed by atoms with Crippen molar-refractivity contribution in [2.24, 2.45) is 101 Å². The van der Waals surface area contributed by atoms with E-state index < -0.39 is 0 Å². The van der Waals surface area contributed by atoms with E-state index in [2.05, 4.69) is 225 Å². The summed E-state index contributed by atoms with van der Waals surface area (Å²) >= 11 is 0. The minimum atomic E-state index is -0.366. The summed E-state index contributed by atoms with van der Waals surface area (Å²) in [6.45, 7) is 16.5. The van der Waals surface area contributed by atoms with Crippen LogP contribution in [0.1, 0.15) is 210 Å². The number of benzene rings is 8. The van der Waals surface area contributed by atoms with E-state index in [1.54, 1.807) is 18.2 Å². The number of aliphatic hydroxyl groups excluding tert-OH is 6. The summed E-state index contributed by atoms with van der Waals surface area (Å²) in [5.74, 6) is 13.4. The molecule has 6 saturated carbocycles. The second-order valence-electron chi connectivity index (χ2n) is 33.0. The molecule has 0 spiro atoms. The van der Waals surface area contributed by atoms with Crippen molar-refractivity contribution in [1.29, 1.82) is 0 Å². The van der Waals surface area contributed by atoms with E-state index in [4.69, 9.17) is 44.8 Å². The molecule has 16 heteroatoms. The smallest absolute Gasteiger partial charge is 0.338 e. The predicted molar refractivity (Wildman–Crippen MR) is 539 cm³/mol. The molecule has 12 aliphatic carbocycles. The van der Waals surface area contributed by atoms with Gasteiger partial charge in [0, 0.05) is 143 Å². The molecule has 0 amide bonds. The molecule has 17 unspecified atom stereocenters. The van der Waals surface area contributed by atoms with Crippen LogP contribution in [0.15, 0.2) is 291 Å². The molecule has 6 fully saturated rings. The number of hydrogen-bond acceptors (Lipinski definition) is 14. The van der Waals surface area contributed by atoms with Gasteiger partial charge in [-0.3, -0.25) is 9.59 Å². The minimum Gasteiger partial charge on any atom is -0.504 e. The van der Waals surface area contributed by atoms with E-state index in [-0.39, 0.29) is 115 Å². The van der Waals surface area contributed by atoms with E-state index in [1.807, 2.05) is 85.7 Å². The Labute approximate surface area is 845 Å². The van der Waals surface area contributed by atoms with Gasteiger partial charge in [0.15, 0.2) is 34.6 Å². The Kier molecular flexibility index (Phi) is 63.1. The van der Waals surface area contributed by atoms with Crippen molar-refractivity contribution in [2.45, 2.75) is 163 Å². The summed E-state index contributed by atoms with van der Waals surface area (Å²) in [6, 6.07) is 74.2. The average molecular weight is 1960 g/mol. The monoisotopic (exact) mass is 1950 g/mol. The van der Waals surface area contributed by atoms with Gasteiger partial charge in [0.25, 0.3) is 0 Å². The first-order valence-corrected chi connectivity index (χ1v) is 47.0. The summed E-state index contributed by atoms with van der Waals surface area (Å²) in [7, 11) is 8.94. The number of ketones is 2. The van der Waals surface area contributed by atoms with Crippen molar-refractivity contribution in [3.05, 3.63) is 351 Å². The molecule has 2 radical (unpaired) electrons. The third-order valence-electron chi connectivity index (χ3n) is 26.4. The van der Waals surface area contributed by atoms with E-state index in [9.17, 15) is 24.6 Å². The van der Waals surface area contributed by atoms with Crippen molar-refractivity contribution in [1.82, 2.24) is 0 Å². The number of rotatable bonds is 18. The molecule has 0 saturated heterocycles. The van der Waals surface area contributed by atoms with Gasteiger partial charge in [0.2, 0.25) is 0 Å². The van der Waals surface area contributed by atoms with Crippen LogP contribution in [-0.4, -0.2) is 122 Å². The molecule has 8 N–H and O–H groups in total. The van der Waals surface area contributed by atoms with Crippen LogP contribution in [-0.2, 0) is 82.0 Å². The van der Waals surface area contributed by atoms with Crippen molar-refractivity contribution in [2.75, 3.05) is 63.5 Å². The summed E-state index contributed by atoms with van der Waals surface area (Å²) < 4.78 is 15.4. The first-order chi connectivity index (χ1) is 62.9. The minimum absolute atomic E-state index is 0. The number of methoxy groups -OCH3 is 2. The van der Waals surface area contributed by atoms with E-state index >= 15 is 0 Å². The Morgan fingerprint density at radius 2 is 0.667 bits per heavy atom. The van der Waals surface area contributed by atoms with Gasteiger partial charge in [-0.05, 0) is 248 Å². The number of fused-ring (bicyclic) bond motifs is 12. The fourth-order valence-electron chi connectivity index (χ4n) is 21.0. The number of allylic oxidation sites excluding steroid dienone is 12. The molecule has 12 aliphatic rings. The number of aromatic hydroxyl groups is 2. The summed E-state index contributed by atoms with van der Waals surface area (Å²) in [6.07, 6.45) is 46.3. The summed E-state index contributed by atoms with van der Waals surface area (Å²) in [5, 5.41) is 61.0. The normalized spacial score (nSPS) is 23.8. The second-order valence-corrected chi connectivity index (χ2v) is 33.0. The van der Waals surface area contributed by atoms with Crippen LogP contribution in [0, 0.1) is 115 Å². The fourth-order valence-corrected chi connectivity index (χ4v) is 21.0. The number of hydrogen-bond donors (Lipinski definition) is 8. The third kappa shape index (κ3) is 34.5. The van der Waals surface area contributed by atoms with Gasteiger partial charge in [-0.25, -0.2) is 4.79 Å². The Morgan fingerprint density at radius 1 is 0.341 bits per heavy atom. The summed E-state index contributed by atoms with van der Waals surface area (Å²) in [4.78, 5) is 36.4. The molecule has 17 atom stereocenters. The van der Waals surface area contributed by atoms with Crippen molar-refractivity contribution in [3.8, 4) is 23.0 Å². The van der Waals surface area contributed by atoms with Crippen molar-refractivity contribution >= 4 is 17.5 Å². The Bertz CT molecular complexity index is 4480. The predicted octanol–water partition coefficient (Wildman–Crippen LogP) is 25.1. The van der Waals surface area contributed by atoms with Gasteiger partial charge in [-0.1, -0.05) is 310 Å². The van der Waals surface area contributed by atoms with E-state index in [0.717, 1.165) is 115 Å². The molecule has 14 nitrogen and oxygen atoms in total. The van der Waals surface area contributed by atoms with Crippen LogP contribution < -0.4 is 9.47 Å². The molecule has 0 aliphatic heterocycles. The molecular formula is C116H160O14Y2-2. The van der Waals surface area contributed by atoms with Crippen LogP contribution in [0.2, 0.25) is 0 Å². The zero-order valence-electron chi connectivity index (χ0n) is 82.6. The maximum Gasteiger partial charge on any atom is 0.338 e. The zero-order valence-corrected chi connectivity index (χ0v) is 88.3. The number of ether oxygens (including phenoxy) is 3. The third-order valence-corrected chi connectivity index (χ3v) is 26.4. The first-order valence-electron chi connectivity index (χ1n) is 47.0. The largest absolute Gasteiger partial charge is 0.504 e. The molecule has 8 aromatic rings. The zero-order chi connectivity index (χ0) is 93.9. The number of carbonyl (C=O) groups is 3. The molecule has 0 aromatic heterocycles. The van der Waals surface area contributed by atoms with Crippen LogP contribution >= 0.6 is 0 Å². The SMILES string of the molecule is C1=CC2CC1CC2(c1ccccc1)c1ccccc1.C1=CC2CC1CC2C(c1ccccc1)c1ccccc1.C1=CC2CC1CC2Cc1ccccc1.CC.CC.CC.CC.CO.CO.CO.CO.CO.CO.COc1cc(C(=O)CC2CC3C=CC2C3)ccc1O.COc1cc(C(=O)OCC2CC3C=CC2C3)ccc1O.O=C(CC1CC2C=CC1C2)c1ccccc1.[CH3-].[CH3-].[Y].[Y]. The molecule has 8 aromatic carbocycles. The summed E-state index contributed by atoms with van der Waals surface area (Å²) in [5.41, 5.74) is 9.54. The van der Waals surface area contributed by atoms with Gasteiger partial charge in [-0.2, -0.15) is 0 Å². The molecule has 12 bridgehead atoms. The topological polar surface area (TPSA) is 241 Å². The molecular weight excluding hydrogens is 1800 g/mol. The Hall–Kier alpha value is -7.82. The molecule has 716 valence electrons. The second kappa shape index (κ2) is 68.2. The molecule has 132 heavy (non-hydrogen) atoms. The number of phenolic OH excluding ortho intramolecular Hbond substituents is 2. The quantitative estimate of drug-likeness (QED) is 0.0173. The maximum atomic E-state index is 12.3.